The van der Waals surface area contributed by atoms with Gasteiger partial charge in [0.25, 0.3) is 0 Å². The molecule has 88 valence electrons. The lowest BCUT2D eigenvalue weighted by Crippen LogP contribution is -2.03. The van der Waals surface area contributed by atoms with Crippen LogP contribution in [0.4, 0.5) is 5.95 Å². The number of ether oxygens (including phenoxy) is 1. The molecule has 0 bridgehead atoms. The Hall–Kier alpha value is -2.17. The van der Waals surface area contributed by atoms with Crippen molar-refractivity contribution < 1.29 is 4.74 Å². The molecule has 0 amide bonds. The van der Waals surface area contributed by atoms with Crippen molar-refractivity contribution in [3.63, 3.8) is 0 Å². The molecule has 5 nitrogen and oxygen atoms in total. The Morgan fingerprint density at radius 1 is 1.12 bits per heavy atom. The summed E-state index contributed by atoms with van der Waals surface area (Å²) in [6.45, 7) is 4.07. The third-order valence-electron chi connectivity index (χ3n) is 2.66. The molecule has 0 atom stereocenters. The largest absolute Gasteiger partial charge is 0.467 e. The second kappa shape index (κ2) is 4.37. The van der Waals surface area contributed by atoms with Crippen LogP contribution in [0.5, 0.6) is 6.01 Å². The van der Waals surface area contributed by atoms with Gasteiger partial charge in [-0.2, -0.15) is 15.0 Å². The van der Waals surface area contributed by atoms with E-state index in [1.54, 1.807) is 0 Å². The maximum absolute atomic E-state index is 5.62. The molecule has 0 aliphatic carbocycles. The maximum Gasteiger partial charge on any atom is 0.321 e. The molecule has 0 aliphatic rings. The number of hydrogen-bond donors (Lipinski definition) is 1. The van der Waals surface area contributed by atoms with Crippen LogP contribution in [-0.4, -0.2) is 22.1 Å². The summed E-state index contributed by atoms with van der Waals surface area (Å²) in [5.41, 5.74) is 8.87. The Labute approximate surface area is 99.7 Å². The summed E-state index contributed by atoms with van der Waals surface area (Å²) in [5.74, 6) is 0.698. The van der Waals surface area contributed by atoms with E-state index in [1.807, 2.05) is 32.0 Å². The number of methoxy groups -OCH3 is 1. The smallest absolute Gasteiger partial charge is 0.321 e. The topological polar surface area (TPSA) is 73.9 Å². The Morgan fingerprint density at radius 2 is 1.88 bits per heavy atom. The van der Waals surface area contributed by atoms with Crippen molar-refractivity contribution in [3.05, 3.63) is 29.3 Å². The molecule has 2 aromatic rings. The summed E-state index contributed by atoms with van der Waals surface area (Å²) < 4.78 is 4.99. The molecule has 0 fully saturated rings. The van der Waals surface area contributed by atoms with Crippen molar-refractivity contribution in [1.82, 2.24) is 15.0 Å². The summed E-state index contributed by atoms with van der Waals surface area (Å²) in [5, 5.41) is 0. The van der Waals surface area contributed by atoms with Gasteiger partial charge < -0.3 is 10.5 Å². The lowest BCUT2D eigenvalue weighted by atomic mass is 10.0. The highest BCUT2D eigenvalue weighted by molar-refractivity contribution is 5.62. The van der Waals surface area contributed by atoms with Gasteiger partial charge in [-0.1, -0.05) is 18.2 Å². The van der Waals surface area contributed by atoms with Crippen molar-refractivity contribution >= 4 is 5.95 Å². The zero-order valence-corrected chi connectivity index (χ0v) is 10.1. The standard InChI is InChI=1S/C12H14N4O/c1-7-5-4-6-9(8(7)2)10-14-11(13)16-12(15-10)17-3/h4-6H,1-3H3,(H2,13,14,15,16). The van der Waals surface area contributed by atoms with E-state index in [4.69, 9.17) is 10.5 Å². The molecule has 0 radical (unpaired) electrons. The first-order chi connectivity index (χ1) is 8.11. The van der Waals surface area contributed by atoms with Gasteiger partial charge in [0.15, 0.2) is 5.82 Å². The fourth-order valence-corrected chi connectivity index (χ4v) is 1.58. The second-order valence-corrected chi connectivity index (χ2v) is 3.75. The van der Waals surface area contributed by atoms with Gasteiger partial charge in [0, 0.05) is 5.56 Å². The molecule has 1 aromatic heterocycles. The molecular formula is C12H14N4O. The summed E-state index contributed by atoms with van der Waals surface area (Å²) in [6, 6.07) is 6.19. The lowest BCUT2D eigenvalue weighted by Gasteiger charge is -2.08. The van der Waals surface area contributed by atoms with Gasteiger partial charge >= 0.3 is 6.01 Å². The summed E-state index contributed by atoms with van der Waals surface area (Å²) >= 11 is 0. The first-order valence-corrected chi connectivity index (χ1v) is 5.24. The van der Waals surface area contributed by atoms with Gasteiger partial charge in [-0.3, -0.25) is 0 Å². The molecule has 1 aromatic carbocycles. The fourth-order valence-electron chi connectivity index (χ4n) is 1.58. The van der Waals surface area contributed by atoms with Gasteiger partial charge in [-0.25, -0.2) is 0 Å². The van der Waals surface area contributed by atoms with E-state index in [-0.39, 0.29) is 12.0 Å². The van der Waals surface area contributed by atoms with Gasteiger partial charge in [0.1, 0.15) is 0 Å². The van der Waals surface area contributed by atoms with E-state index in [0.29, 0.717) is 5.82 Å². The van der Waals surface area contributed by atoms with Crippen molar-refractivity contribution in [2.75, 3.05) is 12.8 Å². The highest BCUT2D eigenvalue weighted by atomic mass is 16.5. The second-order valence-electron chi connectivity index (χ2n) is 3.75. The van der Waals surface area contributed by atoms with Crippen molar-refractivity contribution in [2.45, 2.75) is 13.8 Å². The minimum absolute atomic E-state index is 0.160. The molecule has 2 rings (SSSR count). The molecular weight excluding hydrogens is 216 g/mol. The predicted octanol–water partition coefficient (Wildman–Crippen LogP) is 1.75. The Morgan fingerprint density at radius 3 is 2.59 bits per heavy atom. The van der Waals surface area contributed by atoms with E-state index in [2.05, 4.69) is 15.0 Å². The first-order valence-electron chi connectivity index (χ1n) is 5.24. The van der Waals surface area contributed by atoms with Crippen LogP contribution in [-0.2, 0) is 0 Å². The van der Waals surface area contributed by atoms with Crippen LogP contribution < -0.4 is 10.5 Å². The molecule has 0 unspecified atom stereocenters. The molecule has 1 heterocycles. The van der Waals surface area contributed by atoms with Crippen LogP contribution in [0.2, 0.25) is 0 Å². The molecule has 17 heavy (non-hydrogen) atoms. The summed E-state index contributed by atoms with van der Waals surface area (Å²) in [7, 11) is 1.50. The number of hydrogen-bond acceptors (Lipinski definition) is 5. The average Bonchev–Trinajstić information content (AvgIpc) is 2.31. The van der Waals surface area contributed by atoms with Crippen LogP contribution in [0.15, 0.2) is 18.2 Å². The van der Waals surface area contributed by atoms with Crippen molar-refractivity contribution in [1.29, 1.82) is 0 Å². The van der Waals surface area contributed by atoms with Crippen molar-refractivity contribution in [3.8, 4) is 17.4 Å². The molecule has 0 spiro atoms. The molecule has 2 N–H and O–H groups in total. The number of nitrogen functional groups attached to an aromatic ring is 1. The molecule has 0 aliphatic heterocycles. The predicted molar refractivity (Wildman–Crippen MR) is 65.7 cm³/mol. The van der Waals surface area contributed by atoms with Crippen LogP contribution in [0, 0.1) is 13.8 Å². The number of nitrogens with zero attached hydrogens (tertiary/aromatic N) is 3. The summed E-state index contributed by atoms with van der Waals surface area (Å²) in [6.07, 6.45) is 0. The molecule has 5 heteroatoms. The number of anilines is 1. The van der Waals surface area contributed by atoms with E-state index in [1.165, 1.54) is 12.7 Å². The zero-order valence-electron chi connectivity index (χ0n) is 10.1. The third-order valence-corrected chi connectivity index (χ3v) is 2.66. The fraction of sp³-hybridized carbons (Fsp3) is 0.250. The minimum atomic E-state index is 0.160. The number of nitrogens with two attached hydrogens (primary N) is 1. The average molecular weight is 230 g/mol. The molecule has 0 saturated carbocycles. The Kier molecular flexibility index (Phi) is 2.91. The van der Waals surface area contributed by atoms with E-state index < -0.39 is 0 Å². The quantitative estimate of drug-likeness (QED) is 0.850. The van der Waals surface area contributed by atoms with Crippen LogP contribution in [0.25, 0.3) is 11.4 Å². The third kappa shape index (κ3) is 2.18. The number of aryl methyl sites for hydroxylation is 1. The highest BCUT2D eigenvalue weighted by Gasteiger charge is 2.10. The molecule has 0 saturated heterocycles. The van der Waals surface area contributed by atoms with Gasteiger partial charge in [0.05, 0.1) is 7.11 Å². The maximum atomic E-state index is 5.62. The number of benzene rings is 1. The van der Waals surface area contributed by atoms with Gasteiger partial charge in [0.2, 0.25) is 5.95 Å². The van der Waals surface area contributed by atoms with Gasteiger partial charge in [-0.05, 0) is 25.0 Å². The monoisotopic (exact) mass is 230 g/mol. The zero-order chi connectivity index (χ0) is 12.4. The van der Waals surface area contributed by atoms with E-state index in [9.17, 15) is 0 Å². The van der Waals surface area contributed by atoms with Crippen LogP contribution >= 0.6 is 0 Å². The Balaban J connectivity index is 2.60. The van der Waals surface area contributed by atoms with Crippen LogP contribution in [0.3, 0.4) is 0 Å². The summed E-state index contributed by atoms with van der Waals surface area (Å²) in [4.78, 5) is 12.2. The SMILES string of the molecule is COc1nc(N)nc(-c2cccc(C)c2C)n1. The normalized spacial score (nSPS) is 10.3. The van der Waals surface area contributed by atoms with E-state index >= 15 is 0 Å². The Bertz CT molecular complexity index is 554. The number of aromatic nitrogens is 3. The van der Waals surface area contributed by atoms with Crippen molar-refractivity contribution in [2.24, 2.45) is 0 Å². The highest BCUT2D eigenvalue weighted by Crippen LogP contribution is 2.23. The van der Waals surface area contributed by atoms with E-state index in [0.717, 1.165) is 11.1 Å². The van der Waals surface area contributed by atoms with Gasteiger partial charge in [-0.15, -0.1) is 0 Å². The lowest BCUT2D eigenvalue weighted by molar-refractivity contribution is 0.379. The van der Waals surface area contributed by atoms with Crippen LogP contribution in [0.1, 0.15) is 11.1 Å². The first kappa shape index (κ1) is 11.3. The minimum Gasteiger partial charge on any atom is -0.467 e. The number of rotatable bonds is 2.